The Balaban J connectivity index is 1.86. The predicted molar refractivity (Wildman–Crippen MR) is 82.7 cm³/mol. The van der Waals surface area contributed by atoms with Crippen LogP contribution in [0.15, 0.2) is 48.5 Å². The van der Waals surface area contributed by atoms with Crippen molar-refractivity contribution in [2.75, 3.05) is 13.1 Å². The van der Waals surface area contributed by atoms with Gasteiger partial charge in [0.15, 0.2) is 0 Å². The molecule has 0 atom stereocenters. The highest BCUT2D eigenvalue weighted by atomic mass is 16.5. The van der Waals surface area contributed by atoms with Crippen molar-refractivity contribution in [1.82, 2.24) is 5.32 Å². The molecule has 2 aromatic rings. The van der Waals surface area contributed by atoms with Gasteiger partial charge in [0.05, 0.1) is 0 Å². The van der Waals surface area contributed by atoms with Crippen molar-refractivity contribution in [3.05, 3.63) is 65.2 Å². The van der Waals surface area contributed by atoms with Crippen LogP contribution in [0.25, 0.3) is 0 Å². The van der Waals surface area contributed by atoms with Gasteiger partial charge >= 0.3 is 0 Å². The molecule has 106 valence electrons. The molecule has 3 nitrogen and oxygen atoms in total. The zero-order chi connectivity index (χ0) is 14.2. The molecule has 0 saturated heterocycles. The summed E-state index contributed by atoms with van der Waals surface area (Å²) in [6, 6.07) is 16.5. The van der Waals surface area contributed by atoms with E-state index in [1.54, 1.807) is 0 Å². The smallest absolute Gasteiger partial charge is 0.119 e. The summed E-state index contributed by atoms with van der Waals surface area (Å²) in [5, 5.41) is 3.27. The first-order valence-corrected chi connectivity index (χ1v) is 6.96. The van der Waals surface area contributed by atoms with Crippen LogP contribution in [-0.4, -0.2) is 13.1 Å². The van der Waals surface area contributed by atoms with Crippen molar-refractivity contribution in [3.63, 3.8) is 0 Å². The second kappa shape index (κ2) is 7.68. The summed E-state index contributed by atoms with van der Waals surface area (Å²) >= 11 is 0. The molecule has 3 heteroatoms. The maximum Gasteiger partial charge on any atom is 0.119 e. The number of hydrogen-bond acceptors (Lipinski definition) is 3. The highest BCUT2D eigenvalue weighted by Crippen LogP contribution is 2.15. The predicted octanol–water partition coefficient (Wildman–Crippen LogP) is 2.62. The molecule has 0 aliphatic carbocycles. The Morgan fingerprint density at radius 3 is 2.50 bits per heavy atom. The van der Waals surface area contributed by atoms with Gasteiger partial charge in [-0.25, -0.2) is 0 Å². The van der Waals surface area contributed by atoms with Gasteiger partial charge in [-0.1, -0.05) is 36.4 Å². The first-order chi connectivity index (χ1) is 9.79. The van der Waals surface area contributed by atoms with E-state index in [2.05, 4.69) is 36.5 Å². The molecule has 0 fully saturated rings. The summed E-state index contributed by atoms with van der Waals surface area (Å²) in [6.07, 6.45) is 0. The van der Waals surface area contributed by atoms with Crippen LogP contribution in [0.4, 0.5) is 0 Å². The zero-order valence-electron chi connectivity index (χ0n) is 11.9. The minimum absolute atomic E-state index is 0.609. The van der Waals surface area contributed by atoms with Crippen LogP contribution in [-0.2, 0) is 13.2 Å². The number of hydrogen-bond donors (Lipinski definition) is 2. The third-order valence-electron chi connectivity index (χ3n) is 3.23. The van der Waals surface area contributed by atoms with Crippen molar-refractivity contribution in [3.8, 4) is 5.75 Å². The van der Waals surface area contributed by atoms with Gasteiger partial charge in [0.2, 0.25) is 0 Å². The number of aryl methyl sites for hydroxylation is 1. The van der Waals surface area contributed by atoms with E-state index >= 15 is 0 Å². The van der Waals surface area contributed by atoms with Crippen molar-refractivity contribution < 1.29 is 4.74 Å². The Morgan fingerprint density at radius 1 is 1.05 bits per heavy atom. The minimum Gasteiger partial charge on any atom is -0.489 e. The van der Waals surface area contributed by atoms with E-state index in [0.29, 0.717) is 13.2 Å². The fourth-order valence-corrected chi connectivity index (χ4v) is 1.97. The van der Waals surface area contributed by atoms with E-state index < -0.39 is 0 Å². The molecule has 0 bridgehead atoms. The van der Waals surface area contributed by atoms with E-state index in [4.69, 9.17) is 10.5 Å². The van der Waals surface area contributed by atoms with Gasteiger partial charge in [-0.2, -0.15) is 0 Å². The topological polar surface area (TPSA) is 47.3 Å². The summed E-state index contributed by atoms with van der Waals surface area (Å²) in [7, 11) is 0. The second-order valence-electron chi connectivity index (χ2n) is 4.82. The van der Waals surface area contributed by atoms with Gasteiger partial charge in [0.1, 0.15) is 12.4 Å². The van der Waals surface area contributed by atoms with Gasteiger partial charge in [-0.05, 0) is 35.7 Å². The van der Waals surface area contributed by atoms with Gasteiger partial charge in [0, 0.05) is 19.6 Å². The molecule has 20 heavy (non-hydrogen) atoms. The Labute approximate surface area is 120 Å². The lowest BCUT2D eigenvalue weighted by atomic mass is 10.1. The SMILES string of the molecule is Cc1ccccc1COc1ccc(CNCCN)cc1. The number of benzene rings is 2. The first-order valence-electron chi connectivity index (χ1n) is 6.96. The fraction of sp³-hybridized carbons (Fsp3) is 0.294. The van der Waals surface area contributed by atoms with Gasteiger partial charge in [-0.15, -0.1) is 0 Å². The standard InChI is InChI=1S/C17H22N2O/c1-14-4-2-3-5-16(14)13-20-17-8-6-15(7-9-17)12-19-11-10-18/h2-9,19H,10-13,18H2,1H3. The second-order valence-corrected chi connectivity index (χ2v) is 4.82. The number of rotatable bonds is 7. The molecular formula is C17H22N2O. The lowest BCUT2D eigenvalue weighted by molar-refractivity contribution is 0.305. The quantitative estimate of drug-likeness (QED) is 0.760. The highest BCUT2D eigenvalue weighted by Gasteiger charge is 1.99. The molecule has 0 aliphatic rings. The largest absolute Gasteiger partial charge is 0.489 e. The Kier molecular flexibility index (Phi) is 5.59. The Bertz CT molecular complexity index is 523. The van der Waals surface area contributed by atoms with Crippen molar-refractivity contribution >= 4 is 0 Å². The van der Waals surface area contributed by atoms with Crippen LogP contribution in [0.3, 0.4) is 0 Å². The molecule has 0 aromatic heterocycles. The van der Waals surface area contributed by atoms with Crippen molar-refractivity contribution in [2.45, 2.75) is 20.1 Å². The van der Waals surface area contributed by atoms with Crippen LogP contribution < -0.4 is 15.8 Å². The van der Waals surface area contributed by atoms with Crippen LogP contribution in [0, 0.1) is 6.92 Å². The molecule has 0 aliphatic heterocycles. The fourth-order valence-electron chi connectivity index (χ4n) is 1.97. The average Bonchev–Trinajstić information content (AvgIpc) is 2.48. The summed E-state index contributed by atoms with van der Waals surface area (Å²) in [5.74, 6) is 0.899. The molecule has 2 rings (SSSR count). The van der Waals surface area contributed by atoms with Crippen molar-refractivity contribution in [2.24, 2.45) is 5.73 Å². The van der Waals surface area contributed by atoms with E-state index in [9.17, 15) is 0 Å². The lowest BCUT2D eigenvalue weighted by Crippen LogP contribution is -2.21. The molecular weight excluding hydrogens is 248 g/mol. The van der Waals surface area contributed by atoms with Gasteiger partial charge in [0.25, 0.3) is 0 Å². The molecule has 3 N–H and O–H groups in total. The van der Waals surface area contributed by atoms with Crippen molar-refractivity contribution in [1.29, 1.82) is 0 Å². The van der Waals surface area contributed by atoms with Gasteiger partial charge in [-0.3, -0.25) is 0 Å². The summed E-state index contributed by atoms with van der Waals surface area (Å²) in [4.78, 5) is 0. The molecule has 0 saturated carbocycles. The van der Waals surface area contributed by atoms with Crippen LogP contribution >= 0.6 is 0 Å². The molecule has 0 radical (unpaired) electrons. The van der Waals surface area contributed by atoms with E-state index in [-0.39, 0.29) is 0 Å². The molecule has 2 aromatic carbocycles. The van der Waals surface area contributed by atoms with E-state index in [1.807, 2.05) is 24.3 Å². The first kappa shape index (κ1) is 14.6. The maximum atomic E-state index is 5.81. The molecule has 0 heterocycles. The van der Waals surface area contributed by atoms with Crippen LogP contribution in [0.5, 0.6) is 5.75 Å². The maximum absolute atomic E-state index is 5.81. The number of nitrogens with one attached hydrogen (secondary N) is 1. The third kappa shape index (κ3) is 4.37. The average molecular weight is 270 g/mol. The summed E-state index contributed by atoms with van der Waals surface area (Å²) in [6.45, 7) is 5.06. The number of ether oxygens (including phenoxy) is 1. The van der Waals surface area contributed by atoms with Crippen LogP contribution in [0.2, 0.25) is 0 Å². The third-order valence-corrected chi connectivity index (χ3v) is 3.23. The summed E-state index contributed by atoms with van der Waals surface area (Å²) < 4.78 is 5.81. The minimum atomic E-state index is 0.609. The Hall–Kier alpha value is -1.84. The Morgan fingerprint density at radius 2 is 1.80 bits per heavy atom. The monoisotopic (exact) mass is 270 g/mol. The van der Waals surface area contributed by atoms with E-state index in [0.717, 1.165) is 18.8 Å². The summed E-state index contributed by atoms with van der Waals surface area (Å²) in [5.41, 5.74) is 9.16. The zero-order valence-corrected chi connectivity index (χ0v) is 11.9. The van der Waals surface area contributed by atoms with Crippen LogP contribution in [0.1, 0.15) is 16.7 Å². The molecule has 0 amide bonds. The van der Waals surface area contributed by atoms with Gasteiger partial charge < -0.3 is 15.8 Å². The molecule has 0 unspecified atom stereocenters. The van der Waals surface area contributed by atoms with E-state index in [1.165, 1.54) is 16.7 Å². The highest BCUT2D eigenvalue weighted by molar-refractivity contribution is 5.29. The normalized spacial score (nSPS) is 10.5. The number of nitrogens with two attached hydrogens (primary N) is 1. The lowest BCUT2D eigenvalue weighted by Gasteiger charge is -2.09. The molecule has 0 spiro atoms.